The fraction of sp³-hybridized carbons (Fsp3) is 0.375. The van der Waals surface area contributed by atoms with Crippen molar-refractivity contribution in [1.29, 1.82) is 0 Å². The van der Waals surface area contributed by atoms with Gasteiger partial charge in [0.25, 0.3) is 5.91 Å². The normalized spacial score (nSPS) is 21.9. The SMILES string of the molecule is CC1(F)CCCN(C(=O)c2coc(-c3ccccc3Cl)n2)C1. The number of halogens is 2. The number of rotatable bonds is 2. The number of oxazole rings is 1. The largest absolute Gasteiger partial charge is 0.444 e. The fourth-order valence-corrected chi connectivity index (χ4v) is 2.88. The molecule has 0 aliphatic carbocycles. The van der Waals surface area contributed by atoms with Crippen molar-refractivity contribution in [2.45, 2.75) is 25.4 Å². The number of nitrogens with zero attached hydrogens (tertiary/aromatic N) is 2. The molecule has 0 N–H and O–H groups in total. The van der Waals surface area contributed by atoms with Gasteiger partial charge in [0.05, 0.1) is 17.1 Å². The van der Waals surface area contributed by atoms with Crippen molar-refractivity contribution in [3.05, 3.63) is 41.2 Å². The van der Waals surface area contributed by atoms with Gasteiger partial charge in [0.1, 0.15) is 11.9 Å². The predicted octanol–water partition coefficient (Wildman–Crippen LogP) is 3.96. The Kier molecular flexibility index (Phi) is 3.91. The second kappa shape index (κ2) is 5.72. The number of benzene rings is 1. The number of aromatic nitrogens is 1. The highest BCUT2D eigenvalue weighted by Crippen LogP contribution is 2.28. The van der Waals surface area contributed by atoms with Crippen LogP contribution in [0.15, 0.2) is 34.9 Å². The maximum Gasteiger partial charge on any atom is 0.275 e. The van der Waals surface area contributed by atoms with E-state index in [0.717, 1.165) is 0 Å². The molecule has 1 aromatic carbocycles. The van der Waals surface area contributed by atoms with Crippen LogP contribution in [0.1, 0.15) is 30.3 Å². The number of alkyl halides is 1. The smallest absolute Gasteiger partial charge is 0.275 e. The summed E-state index contributed by atoms with van der Waals surface area (Å²) in [5, 5.41) is 0.498. The van der Waals surface area contributed by atoms with E-state index in [9.17, 15) is 9.18 Å². The zero-order chi connectivity index (χ0) is 15.7. The molecule has 2 heterocycles. The molecule has 6 heteroatoms. The van der Waals surface area contributed by atoms with E-state index in [0.29, 0.717) is 30.0 Å². The summed E-state index contributed by atoms with van der Waals surface area (Å²) in [6.45, 7) is 2.14. The minimum atomic E-state index is -1.34. The van der Waals surface area contributed by atoms with Crippen LogP contribution < -0.4 is 0 Å². The van der Waals surface area contributed by atoms with Gasteiger partial charge in [-0.2, -0.15) is 0 Å². The fourth-order valence-electron chi connectivity index (χ4n) is 2.66. The van der Waals surface area contributed by atoms with E-state index in [4.69, 9.17) is 16.0 Å². The van der Waals surface area contributed by atoms with Crippen molar-refractivity contribution in [3.63, 3.8) is 0 Å². The van der Waals surface area contributed by atoms with Crippen LogP contribution in [0.3, 0.4) is 0 Å². The maximum atomic E-state index is 14.1. The van der Waals surface area contributed by atoms with Gasteiger partial charge in [-0.3, -0.25) is 4.79 Å². The van der Waals surface area contributed by atoms with Crippen LogP contribution in [0.5, 0.6) is 0 Å². The molecule has 0 bridgehead atoms. The minimum Gasteiger partial charge on any atom is -0.444 e. The summed E-state index contributed by atoms with van der Waals surface area (Å²) in [6.07, 6.45) is 2.42. The Morgan fingerprint density at radius 2 is 2.23 bits per heavy atom. The Morgan fingerprint density at radius 3 is 2.95 bits per heavy atom. The molecule has 22 heavy (non-hydrogen) atoms. The Hall–Kier alpha value is -1.88. The molecule has 3 rings (SSSR count). The number of carbonyl (C=O) groups is 1. The van der Waals surface area contributed by atoms with Crippen molar-refractivity contribution in [2.24, 2.45) is 0 Å². The third-order valence-electron chi connectivity index (χ3n) is 3.76. The number of hydrogen-bond acceptors (Lipinski definition) is 3. The first kappa shape index (κ1) is 15.0. The van der Waals surface area contributed by atoms with Crippen LogP contribution in [0.4, 0.5) is 4.39 Å². The highest BCUT2D eigenvalue weighted by Gasteiger charge is 2.34. The van der Waals surface area contributed by atoms with E-state index in [1.807, 2.05) is 6.07 Å². The van der Waals surface area contributed by atoms with Crippen LogP contribution >= 0.6 is 11.6 Å². The Labute approximate surface area is 132 Å². The van der Waals surface area contributed by atoms with Gasteiger partial charge in [0, 0.05) is 6.54 Å². The zero-order valence-electron chi connectivity index (χ0n) is 12.2. The molecule has 1 amide bonds. The highest BCUT2D eigenvalue weighted by atomic mass is 35.5. The lowest BCUT2D eigenvalue weighted by atomic mass is 9.97. The molecule has 4 nitrogen and oxygen atoms in total. The molecule has 1 fully saturated rings. The molecule has 1 unspecified atom stereocenters. The quantitative estimate of drug-likeness (QED) is 0.840. The predicted molar refractivity (Wildman–Crippen MR) is 81.6 cm³/mol. The van der Waals surface area contributed by atoms with Gasteiger partial charge in [-0.05, 0) is 31.9 Å². The molecule has 1 aromatic heterocycles. The molecule has 1 saturated heterocycles. The lowest BCUT2D eigenvalue weighted by Gasteiger charge is -2.34. The lowest BCUT2D eigenvalue weighted by Crippen LogP contribution is -2.46. The average molecular weight is 323 g/mol. The summed E-state index contributed by atoms with van der Waals surface area (Å²) in [7, 11) is 0. The van der Waals surface area contributed by atoms with Crippen LogP contribution in [0.25, 0.3) is 11.5 Å². The van der Waals surface area contributed by atoms with E-state index < -0.39 is 5.67 Å². The van der Waals surface area contributed by atoms with Gasteiger partial charge < -0.3 is 9.32 Å². The van der Waals surface area contributed by atoms with Crippen molar-refractivity contribution in [2.75, 3.05) is 13.1 Å². The molecule has 0 spiro atoms. The van der Waals surface area contributed by atoms with Crippen LogP contribution in [-0.2, 0) is 0 Å². The average Bonchev–Trinajstić information content (AvgIpc) is 2.95. The van der Waals surface area contributed by atoms with Gasteiger partial charge in [0.2, 0.25) is 5.89 Å². The lowest BCUT2D eigenvalue weighted by molar-refractivity contribution is 0.0412. The summed E-state index contributed by atoms with van der Waals surface area (Å²) in [5.41, 5.74) is -0.548. The topological polar surface area (TPSA) is 46.3 Å². The van der Waals surface area contributed by atoms with E-state index in [1.165, 1.54) is 18.1 Å². The zero-order valence-corrected chi connectivity index (χ0v) is 12.9. The van der Waals surface area contributed by atoms with Crippen LogP contribution in [0.2, 0.25) is 5.02 Å². The van der Waals surface area contributed by atoms with E-state index >= 15 is 0 Å². The van der Waals surface area contributed by atoms with Crippen LogP contribution in [0, 0.1) is 0 Å². The Morgan fingerprint density at radius 1 is 1.45 bits per heavy atom. The maximum absolute atomic E-state index is 14.1. The van der Waals surface area contributed by atoms with Crippen LogP contribution in [-0.4, -0.2) is 34.5 Å². The molecule has 0 saturated carbocycles. The number of piperidine rings is 1. The van der Waals surface area contributed by atoms with Crippen molar-refractivity contribution < 1.29 is 13.6 Å². The monoisotopic (exact) mass is 322 g/mol. The molecule has 2 aromatic rings. The third-order valence-corrected chi connectivity index (χ3v) is 4.09. The molecule has 1 aliphatic rings. The number of hydrogen-bond donors (Lipinski definition) is 0. The van der Waals surface area contributed by atoms with E-state index in [-0.39, 0.29) is 24.0 Å². The van der Waals surface area contributed by atoms with Gasteiger partial charge in [-0.25, -0.2) is 9.37 Å². The molecular formula is C16H16ClFN2O2. The van der Waals surface area contributed by atoms with Gasteiger partial charge in [-0.1, -0.05) is 23.7 Å². The summed E-state index contributed by atoms with van der Waals surface area (Å²) in [4.78, 5) is 18.1. The highest BCUT2D eigenvalue weighted by molar-refractivity contribution is 6.33. The number of carbonyl (C=O) groups excluding carboxylic acids is 1. The first-order chi connectivity index (χ1) is 10.5. The summed E-state index contributed by atoms with van der Waals surface area (Å²) < 4.78 is 19.4. The first-order valence-corrected chi connectivity index (χ1v) is 7.53. The number of likely N-dealkylation sites (tertiary alicyclic amines) is 1. The summed E-state index contributed by atoms with van der Waals surface area (Å²) >= 11 is 6.09. The number of amides is 1. The van der Waals surface area contributed by atoms with E-state index in [2.05, 4.69) is 4.98 Å². The summed E-state index contributed by atoms with van der Waals surface area (Å²) in [6, 6.07) is 7.10. The van der Waals surface area contributed by atoms with Gasteiger partial charge in [0.15, 0.2) is 5.69 Å². The minimum absolute atomic E-state index is 0.0835. The molecule has 1 aliphatic heterocycles. The molecule has 0 radical (unpaired) electrons. The van der Waals surface area contributed by atoms with Gasteiger partial charge >= 0.3 is 0 Å². The van der Waals surface area contributed by atoms with E-state index in [1.54, 1.807) is 18.2 Å². The van der Waals surface area contributed by atoms with Crippen molar-refractivity contribution >= 4 is 17.5 Å². The Bertz CT molecular complexity index is 699. The van der Waals surface area contributed by atoms with Crippen molar-refractivity contribution in [3.8, 4) is 11.5 Å². The second-order valence-corrected chi connectivity index (χ2v) is 6.17. The molecular weight excluding hydrogens is 307 g/mol. The standard InChI is InChI=1S/C16H16ClFN2O2/c1-16(18)7-4-8-20(10-16)15(21)13-9-22-14(19-13)11-5-2-3-6-12(11)17/h2-3,5-6,9H,4,7-8,10H2,1H3. The third kappa shape index (κ3) is 2.99. The first-order valence-electron chi connectivity index (χ1n) is 7.15. The Balaban J connectivity index is 1.82. The summed E-state index contributed by atoms with van der Waals surface area (Å²) in [5.74, 6) is -0.0281. The van der Waals surface area contributed by atoms with Crippen molar-refractivity contribution in [1.82, 2.24) is 9.88 Å². The van der Waals surface area contributed by atoms with Gasteiger partial charge in [-0.15, -0.1) is 0 Å². The molecule has 116 valence electrons. The molecule has 1 atom stereocenters. The second-order valence-electron chi connectivity index (χ2n) is 5.76.